The summed E-state index contributed by atoms with van der Waals surface area (Å²) in [5.41, 5.74) is 2.22. The van der Waals surface area contributed by atoms with Gasteiger partial charge in [0.05, 0.1) is 5.60 Å². The molecule has 94 valence electrons. The largest absolute Gasteiger partial charge is 0.390 e. The molecule has 1 aliphatic rings. The number of hydrogen-bond acceptors (Lipinski definition) is 1. The van der Waals surface area contributed by atoms with Crippen LogP contribution < -0.4 is 0 Å². The molecule has 1 fully saturated rings. The van der Waals surface area contributed by atoms with E-state index in [0.29, 0.717) is 0 Å². The quantitative estimate of drug-likeness (QED) is 0.784. The van der Waals surface area contributed by atoms with Crippen molar-refractivity contribution in [1.82, 2.24) is 0 Å². The van der Waals surface area contributed by atoms with Gasteiger partial charge in [-0.25, -0.2) is 0 Å². The first-order valence-electron chi connectivity index (χ1n) is 7.02. The van der Waals surface area contributed by atoms with Crippen molar-refractivity contribution in [2.75, 3.05) is 0 Å². The minimum absolute atomic E-state index is 0.440. The normalized spacial score (nSPS) is 19.9. The Kier molecular flexibility index (Phi) is 4.22. The maximum absolute atomic E-state index is 10.6. The first-order valence-corrected chi connectivity index (χ1v) is 7.02. The van der Waals surface area contributed by atoms with E-state index in [9.17, 15) is 5.11 Å². The van der Waals surface area contributed by atoms with Crippen LogP contribution in [0.25, 0.3) is 0 Å². The van der Waals surface area contributed by atoms with Crippen molar-refractivity contribution in [3.05, 3.63) is 35.4 Å². The molecular weight excluding hydrogens is 208 g/mol. The van der Waals surface area contributed by atoms with E-state index in [4.69, 9.17) is 0 Å². The lowest BCUT2D eigenvalue weighted by atomic mass is 9.87. The molecule has 0 saturated heterocycles. The van der Waals surface area contributed by atoms with E-state index in [0.717, 1.165) is 25.7 Å². The first-order chi connectivity index (χ1) is 8.22. The van der Waals surface area contributed by atoms with Crippen LogP contribution in [-0.4, -0.2) is 10.7 Å². The highest BCUT2D eigenvalue weighted by Gasteiger charge is 2.27. The fourth-order valence-corrected chi connectivity index (χ4v) is 2.84. The van der Waals surface area contributed by atoms with Gasteiger partial charge in [-0.2, -0.15) is 0 Å². The average Bonchev–Trinajstić information content (AvgIpc) is 2.55. The van der Waals surface area contributed by atoms with E-state index >= 15 is 0 Å². The van der Waals surface area contributed by atoms with Gasteiger partial charge in [-0.15, -0.1) is 0 Å². The van der Waals surface area contributed by atoms with Crippen LogP contribution in [0.5, 0.6) is 0 Å². The van der Waals surface area contributed by atoms with Crippen LogP contribution in [-0.2, 0) is 12.8 Å². The number of hydrogen-bond donors (Lipinski definition) is 1. The molecule has 0 spiro atoms. The molecule has 1 aliphatic carbocycles. The van der Waals surface area contributed by atoms with Crippen molar-refractivity contribution in [1.29, 1.82) is 0 Å². The molecule has 0 aromatic heterocycles. The Labute approximate surface area is 105 Å². The lowest BCUT2D eigenvalue weighted by molar-refractivity contribution is 0.0252. The second-order valence-electron chi connectivity index (χ2n) is 5.49. The highest BCUT2D eigenvalue weighted by molar-refractivity contribution is 5.23. The fourth-order valence-electron chi connectivity index (χ4n) is 2.84. The standard InChI is InChI=1S/C16H24O/c1-2-14-7-9-15(10-8-14)13-16(17)11-5-3-4-6-12-16/h7-10,17H,2-6,11-13H2,1H3. The van der Waals surface area contributed by atoms with Crippen molar-refractivity contribution in [3.8, 4) is 0 Å². The molecule has 17 heavy (non-hydrogen) atoms. The minimum Gasteiger partial charge on any atom is -0.390 e. The Bertz CT molecular complexity index is 331. The van der Waals surface area contributed by atoms with Crippen LogP contribution in [0.3, 0.4) is 0 Å². The van der Waals surface area contributed by atoms with Crippen molar-refractivity contribution in [3.63, 3.8) is 0 Å². The third-order valence-electron chi connectivity index (χ3n) is 4.00. The lowest BCUT2D eigenvalue weighted by Crippen LogP contribution is -2.30. The highest BCUT2D eigenvalue weighted by Crippen LogP contribution is 2.30. The molecule has 0 amide bonds. The Hall–Kier alpha value is -0.820. The van der Waals surface area contributed by atoms with Crippen molar-refractivity contribution in [2.24, 2.45) is 0 Å². The summed E-state index contributed by atoms with van der Waals surface area (Å²) in [6.07, 6.45) is 8.81. The zero-order valence-electron chi connectivity index (χ0n) is 10.9. The van der Waals surface area contributed by atoms with Gasteiger partial charge in [-0.1, -0.05) is 56.9 Å². The number of rotatable bonds is 3. The van der Waals surface area contributed by atoms with Gasteiger partial charge in [0.1, 0.15) is 0 Å². The van der Waals surface area contributed by atoms with Crippen LogP contribution in [0.1, 0.15) is 56.6 Å². The number of aliphatic hydroxyl groups is 1. The van der Waals surface area contributed by atoms with Crippen LogP contribution in [0.15, 0.2) is 24.3 Å². The van der Waals surface area contributed by atoms with E-state index < -0.39 is 5.60 Å². The molecule has 1 nitrogen and oxygen atoms in total. The Morgan fingerprint density at radius 2 is 1.47 bits per heavy atom. The first kappa shape index (κ1) is 12.6. The van der Waals surface area contributed by atoms with Crippen molar-refractivity contribution >= 4 is 0 Å². The second kappa shape index (κ2) is 5.68. The van der Waals surface area contributed by atoms with Crippen LogP contribution in [0.4, 0.5) is 0 Å². The Morgan fingerprint density at radius 3 is 2.00 bits per heavy atom. The summed E-state index contributed by atoms with van der Waals surface area (Å²) in [5, 5.41) is 10.6. The van der Waals surface area contributed by atoms with Crippen LogP contribution in [0.2, 0.25) is 0 Å². The predicted octanol–water partition coefficient (Wildman–Crippen LogP) is 3.88. The van der Waals surface area contributed by atoms with Crippen molar-refractivity contribution < 1.29 is 5.11 Å². The van der Waals surface area contributed by atoms with Gasteiger partial charge in [0.2, 0.25) is 0 Å². The zero-order valence-corrected chi connectivity index (χ0v) is 10.9. The van der Waals surface area contributed by atoms with Crippen molar-refractivity contribution in [2.45, 2.75) is 63.9 Å². The second-order valence-corrected chi connectivity index (χ2v) is 5.49. The highest BCUT2D eigenvalue weighted by atomic mass is 16.3. The van der Waals surface area contributed by atoms with Gasteiger partial charge in [-0.3, -0.25) is 0 Å². The van der Waals surface area contributed by atoms with Gasteiger partial charge in [-0.05, 0) is 30.4 Å². The fraction of sp³-hybridized carbons (Fsp3) is 0.625. The van der Waals surface area contributed by atoms with Gasteiger partial charge in [0, 0.05) is 6.42 Å². The number of benzene rings is 1. The maximum atomic E-state index is 10.6. The minimum atomic E-state index is -0.440. The molecule has 1 N–H and O–H groups in total. The maximum Gasteiger partial charge on any atom is 0.0688 e. The summed E-state index contributed by atoms with van der Waals surface area (Å²) in [5.74, 6) is 0. The van der Waals surface area contributed by atoms with Gasteiger partial charge >= 0.3 is 0 Å². The van der Waals surface area contributed by atoms with Crippen LogP contribution in [0, 0.1) is 0 Å². The molecular formula is C16H24O. The molecule has 0 heterocycles. The van der Waals surface area contributed by atoms with Crippen LogP contribution >= 0.6 is 0 Å². The molecule has 0 radical (unpaired) electrons. The number of aryl methyl sites for hydroxylation is 1. The smallest absolute Gasteiger partial charge is 0.0688 e. The molecule has 1 saturated carbocycles. The molecule has 0 aliphatic heterocycles. The molecule has 1 heteroatoms. The Morgan fingerprint density at radius 1 is 0.941 bits per heavy atom. The van der Waals surface area contributed by atoms with E-state index in [1.54, 1.807) is 0 Å². The summed E-state index contributed by atoms with van der Waals surface area (Å²) < 4.78 is 0. The molecule has 0 atom stereocenters. The third-order valence-corrected chi connectivity index (χ3v) is 4.00. The van der Waals surface area contributed by atoms with E-state index in [-0.39, 0.29) is 0 Å². The topological polar surface area (TPSA) is 20.2 Å². The SMILES string of the molecule is CCc1ccc(CC2(O)CCCCCC2)cc1. The van der Waals surface area contributed by atoms with E-state index in [2.05, 4.69) is 31.2 Å². The lowest BCUT2D eigenvalue weighted by Gasteiger charge is -2.26. The van der Waals surface area contributed by atoms with Gasteiger partial charge < -0.3 is 5.11 Å². The summed E-state index contributed by atoms with van der Waals surface area (Å²) in [6.45, 7) is 2.17. The monoisotopic (exact) mass is 232 g/mol. The summed E-state index contributed by atoms with van der Waals surface area (Å²) in [6, 6.07) is 8.74. The molecule has 0 unspecified atom stereocenters. The molecule has 2 rings (SSSR count). The summed E-state index contributed by atoms with van der Waals surface area (Å²) >= 11 is 0. The summed E-state index contributed by atoms with van der Waals surface area (Å²) in [7, 11) is 0. The average molecular weight is 232 g/mol. The Balaban J connectivity index is 2.02. The summed E-state index contributed by atoms with van der Waals surface area (Å²) in [4.78, 5) is 0. The molecule has 1 aromatic carbocycles. The van der Waals surface area contributed by atoms with E-state index in [1.807, 2.05) is 0 Å². The molecule has 0 bridgehead atoms. The van der Waals surface area contributed by atoms with Gasteiger partial charge in [0.15, 0.2) is 0 Å². The molecule has 1 aromatic rings. The third kappa shape index (κ3) is 3.57. The predicted molar refractivity (Wildman–Crippen MR) is 72.2 cm³/mol. The van der Waals surface area contributed by atoms with E-state index in [1.165, 1.54) is 36.8 Å². The zero-order chi connectivity index (χ0) is 12.1. The van der Waals surface area contributed by atoms with Gasteiger partial charge in [0.25, 0.3) is 0 Å².